The SMILES string of the molecule is CCC.CCc1c(F)cc(C)cc1F. The maximum Gasteiger partial charge on any atom is 0.129 e. The van der Waals surface area contributed by atoms with E-state index in [1.165, 1.54) is 18.6 Å². The molecule has 1 aromatic carbocycles. The molecule has 80 valence electrons. The van der Waals surface area contributed by atoms with Gasteiger partial charge < -0.3 is 0 Å². The fraction of sp³-hybridized carbons (Fsp3) is 0.500. The van der Waals surface area contributed by atoms with Gasteiger partial charge in [0.05, 0.1) is 0 Å². The molecule has 1 rings (SSSR count). The summed E-state index contributed by atoms with van der Waals surface area (Å²) in [5.41, 5.74) is 0.799. The standard InChI is InChI=1S/C9H10F2.C3H8/c1-3-7-8(10)4-6(2)5-9(7)11;1-3-2/h4-5H,3H2,1-2H3;3H2,1-2H3. The lowest BCUT2D eigenvalue weighted by atomic mass is 10.1. The van der Waals surface area contributed by atoms with Crippen LogP contribution in [0.25, 0.3) is 0 Å². The second-order valence-corrected chi connectivity index (χ2v) is 3.27. The van der Waals surface area contributed by atoms with Crippen molar-refractivity contribution in [3.8, 4) is 0 Å². The van der Waals surface area contributed by atoms with Crippen molar-refractivity contribution in [2.24, 2.45) is 0 Å². The summed E-state index contributed by atoms with van der Waals surface area (Å²) in [6.45, 7) is 7.66. The van der Waals surface area contributed by atoms with E-state index in [0.717, 1.165) is 0 Å². The fourth-order valence-electron chi connectivity index (χ4n) is 1.07. The van der Waals surface area contributed by atoms with Crippen molar-refractivity contribution in [3.05, 3.63) is 34.9 Å². The zero-order valence-electron chi connectivity index (χ0n) is 9.32. The van der Waals surface area contributed by atoms with Crippen LogP contribution in [0.1, 0.15) is 38.3 Å². The van der Waals surface area contributed by atoms with Gasteiger partial charge in [0.15, 0.2) is 0 Å². The molecule has 0 saturated heterocycles. The lowest BCUT2D eigenvalue weighted by Gasteiger charge is -2.01. The molecule has 0 aliphatic carbocycles. The molecule has 0 spiro atoms. The van der Waals surface area contributed by atoms with Gasteiger partial charge in [-0.2, -0.15) is 0 Å². The van der Waals surface area contributed by atoms with Crippen molar-refractivity contribution in [1.29, 1.82) is 0 Å². The third-order valence-corrected chi connectivity index (χ3v) is 1.64. The number of hydrogen-bond donors (Lipinski definition) is 0. The molecular weight excluding hydrogens is 182 g/mol. The number of aryl methyl sites for hydroxylation is 1. The Morgan fingerprint density at radius 1 is 1.00 bits per heavy atom. The summed E-state index contributed by atoms with van der Waals surface area (Å²) < 4.78 is 25.7. The minimum Gasteiger partial charge on any atom is -0.207 e. The molecule has 0 saturated carbocycles. The molecule has 0 N–H and O–H groups in total. The molecule has 0 aliphatic rings. The lowest BCUT2D eigenvalue weighted by Crippen LogP contribution is -1.94. The van der Waals surface area contributed by atoms with E-state index in [2.05, 4.69) is 13.8 Å². The van der Waals surface area contributed by atoms with E-state index in [4.69, 9.17) is 0 Å². The highest BCUT2D eigenvalue weighted by Gasteiger charge is 2.06. The Morgan fingerprint density at radius 3 is 1.64 bits per heavy atom. The van der Waals surface area contributed by atoms with Gasteiger partial charge >= 0.3 is 0 Å². The average molecular weight is 200 g/mol. The van der Waals surface area contributed by atoms with E-state index >= 15 is 0 Å². The molecule has 0 bridgehead atoms. The third-order valence-electron chi connectivity index (χ3n) is 1.64. The number of hydrogen-bond acceptors (Lipinski definition) is 0. The molecule has 0 heterocycles. The van der Waals surface area contributed by atoms with E-state index in [1.807, 2.05) is 0 Å². The van der Waals surface area contributed by atoms with Crippen molar-refractivity contribution in [3.63, 3.8) is 0 Å². The molecule has 0 aromatic heterocycles. The Kier molecular flexibility index (Phi) is 6.09. The highest BCUT2D eigenvalue weighted by atomic mass is 19.1. The normalized spacial score (nSPS) is 9.29. The van der Waals surface area contributed by atoms with Crippen molar-refractivity contribution in [2.75, 3.05) is 0 Å². The molecule has 14 heavy (non-hydrogen) atoms. The van der Waals surface area contributed by atoms with Gasteiger partial charge in [-0.3, -0.25) is 0 Å². The van der Waals surface area contributed by atoms with Crippen LogP contribution in [0.4, 0.5) is 8.78 Å². The molecule has 0 radical (unpaired) electrons. The van der Waals surface area contributed by atoms with Crippen molar-refractivity contribution in [1.82, 2.24) is 0 Å². The predicted octanol–water partition coefficient (Wildman–Crippen LogP) is 4.25. The average Bonchev–Trinajstić information content (AvgIpc) is 2.04. The summed E-state index contributed by atoms with van der Waals surface area (Å²) in [7, 11) is 0. The summed E-state index contributed by atoms with van der Waals surface area (Å²) in [6.07, 6.45) is 1.65. The van der Waals surface area contributed by atoms with Crippen molar-refractivity contribution in [2.45, 2.75) is 40.5 Å². The molecule has 0 atom stereocenters. The number of rotatable bonds is 1. The van der Waals surface area contributed by atoms with Gasteiger partial charge in [-0.15, -0.1) is 0 Å². The molecule has 0 amide bonds. The Bertz CT molecular complexity index is 257. The first-order chi connectivity index (χ1) is 6.56. The zero-order valence-corrected chi connectivity index (χ0v) is 9.32. The summed E-state index contributed by atoms with van der Waals surface area (Å²) in [4.78, 5) is 0. The lowest BCUT2D eigenvalue weighted by molar-refractivity contribution is 0.557. The van der Waals surface area contributed by atoms with Crippen LogP contribution in [0.5, 0.6) is 0 Å². The topological polar surface area (TPSA) is 0 Å². The summed E-state index contributed by atoms with van der Waals surface area (Å²) in [5, 5.41) is 0. The van der Waals surface area contributed by atoms with Gasteiger partial charge in [0.1, 0.15) is 11.6 Å². The van der Waals surface area contributed by atoms with E-state index in [0.29, 0.717) is 12.0 Å². The van der Waals surface area contributed by atoms with Crippen molar-refractivity contribution >= 4 is 0 Å². The summed E-state index contributed by atoms with van der Waals surface area (Å²) >= 11 is 0. The maximum atomic E-state index is 12.9. The van der Waals surface area contributed by atoms with Crippen LogP contribution in [0, 0.1) is 18.6 Å². The summed E-state index contributed by atoms with van der Waals surface area (Å²) in [5.74, 6) is -0.880. The van der Waals surface area contributed by atoms with Crippen LogP contribution < -0.4 is 0 Å². The third kappa shape index (κ3) is 3.86. The predicted molar refractivity (Wildman–Crippen MR) is 56.4 cm³/mol. The zero-order chi connectivity index (χ0) is 11.1. The second kappa shape index (κ2) is 6.52. The van der Waals surface area contributed by atoms with Gasteiger partial charge in [0.25, 0.3) is 0 Å². The van der Waals surface area contributed by atoms with E-state index in [1.54, 1.807) is 13.8 Å². The highest BCUT2D eigenvalue weighted by Crippen LogP contribution is 2.14. The van der Waals surface area contributed by atoms with Crippen LogP contribution in [0.15, 0.2) is 12.1 Å². The molecule has 0 unspecified atom stereocenters. The minimum atomic E-state index is -0.440. The minimum absolute atomic E-state index is 0.176. The van der Waals surface area contributed by atoms with Crippen LogP contribution in [-0.2, 0) is 6.42 Å². The molecule has 0 aliphatic heterocycles. The highest BCUT2D eigenvalue weighted by molar-refractivity contribution is 5.25. The first-order valence-electron chi connectivity index (χ1n) is 5.01. The molecular formula is C12H18F2. The quantitative estimate of drug-likeness (QED) is 0.635. The Morgan fingerprint density at radius 2 is 1.36 bits per heavy atom. The van der Waals surface area contributed by atoms with Gasteiger partial charge in [-0.05, 0) is 31.0 Å². The second-order valence-electron chi connectivity index (χ2n) is 3.27. The Balaban J connectivity index is 0.000000500. The molecule has 2 heteroatoms. The van der Waals surface area contributed by atoms with Crippen LogP contribution in [0.2, 0.25) is 0 Å². The van der Waals surface area contributed by atoms with Gasteiger partial charge in [0, 0.05) is 5.56 Å². The monoisotopic (exact) mass is 200 g/mol. The van der Waals surface area contributed by atoms with Crippen molar-refractivity contribution < 1.29 is 8.78 Å². The Labute approximate surface area is 85.0 Å². The molecule has 0 nitrogen and oxygen atoms in total. The van der Waals surface area contributed by atoms with Gasteiger partial charge in [-0.25, -0.2) is 8.78 Å². The maximum absolute atomic E-state index is 12.9. The van der Waals surface area contributed by atoms with Crippen LogP contribution in [0.3, 0.4) is 0 Å². The first-order valence-corrected chi connectivity index (χ1v) is 5.01. The summed E-state index contributed by atoms with van der Waals surface area (Å²) in [6, 6.07) is 2.70. The van der Waals surface area contributed by atoms with E-state index < -0.39 is 11.6 Å². The van der Waals surface area contributed by atoms with Crippen LogP contribution >= 0.6 is 0 Å². The molecule has 0 fully saturated rings. The smallest absolute Gasteiger partial charge is 0.129 e. The van der Waals surface area contributed by atoms with E-state index in [-0.39, 0.29) is 5.56 Å². The van der Waals surface area contributed by atoms with Gasteiger partial charge in [0.2, 0.25) is 0 Å². The number of benzene rings is 1. The molecule has 1 aromatic rings. The number of halogens is 2. The van der Waals surface area contributed by atoms with E-state index in [9.17, 15) is 8.78 Å². The fourth-order valence-corrected chi connectivity index (χ4v) is 1.07. The van der Waals surface area contributed by atoms with Gasteiger partial charge in [-0.1, -0.05) is 27.2 Å². The Hall–Kier alpha value is -0.920. The largest absolute Gasteiger partial charge is 0.207 e. The van der Waals surface area contributed by atoms with Crippen LogP contribution in [-0.4, -0.2) is 0 Å². The first kappa shape index (κ1) is 13.1.